The van der Waals surface area contributed by atoms with E-state index in [0.717, 1.165) is 22.9 Å². The lowest BCUT2D eigenvalue weighted by molar-refractivity contribution is -0.117. The van der Waals surface area contributed by atoms with E-state index in [2.05, 4.69) is 0 Å². The third-order valence-electron chi connectivity index (χ3n) is 4.28. The van der Waals surface area contributed by atoms with Crippen LogP contribution in [0.15, 0.2) is 59.1 Å². The Labute approximate surface area is 160 Å². The molecule has 3 rings (SSSR count). The molecule has 1 unspecified atom stereocenters. The van der Waals surface area contributed by atoms with Crippen molar-refractivity contribution in [3.63, 3.8) is 0 Å². The quantitative estimate of drug-likeness (QED) is 0.651. The summed E-state index contributed by atoms with van der Waals surface area (Å²) in [6.07, 6.45) is 0.439. The highest BCUT2D eigenvalue weighted by molar-refractivity contribution is 8.05. The Hall–Kier alpha value is -3.11. The number of aryl methyl sites for hydroxylation is 1. The normalized spacial score (nSPS) is 18.3. The number of primary amides is 1. The van der Waals surface area contributed by atoms with Crippen LogP contribution >= 0.6 is 11.8 Å². The lowest BCUT2D eigenvalue weighted by Crippen LogP contribution is -2.31. The van der Waals surface area contributed by atoms with E-state index in [-0.39, 0.29) is 16.5 Å². The average molecular weight is 381 g/mol. The molecule has 2 N–H and O–H groups in total. The van der Waals surface area contributed by atoms with Crippen LogP contribution in [0.1, 0.15) is 11.1 Å². The zero-order chi connectivity index (χ0) is 19.6. The van der Waals surface area contributed by atoms with Gasteiger partial charge in [-0.2, -0.15) is 5.26 Å². The van der Waals surface area contributed by atoms with Gasteiger partial charge in [-0.1, -0.05) is 36.0 Å². The molecule has 0 radical (unpaired) electrons. The lowest BCUT2D eigenvalue weighted by atomic mass is 10.0. The number of anilines is 1. The minimum Gasteiger partial charge on any atom is -0.365 e. The molecule has 0 aromatic heterocycles. The maximum Gasteiger partial charge on any atom is 0.262 e. The summed E-state index contributed by atoms with van der Waals surface area (Å²) in [5.41, 5.74) is 7.47. The Kier molecular flexibility index (Phi) is 5.28. The molecule has 0 aliphatic carbocycles. The largest absolute Gasteiger partial charge is 0.365 e. The van der Waals surface area contributed by atoms with Crippen molar-refractivity contribution in [1.82, 2.24) is 0 Å². The molecule has 0 spiro atoms. The van der Waals surface area contributed by atoms with E-state index in [1.165, 1.54) is 29.2 Å². The van der Waals surface area contributed by atoms with Gasteiger partial charge in [-0.15, -0.1) is 0 Å². The van der Waals surface area contributed by atoms with Gasteiger partial charge < -0.3 is 5.73 Å². The first-order chi connectivity index (χ1) is 12.9. The fourth-order valence-electron chi connectivity index (χ4n) is 2.86. The molecule has 27 heavy (non-hydrogen) atoms. The molecule has 7 heteroatoms. The monoisotopic (exact) mass is 381 g/mol. The SMILES string of the molecule is Cc1ccccc1CC1S/C(=C(/C#N)C(N)=O)N(c2ccc(F)cc2)C1=O. The molecule has 5 nitrogen and oxygen atoms in total. The first-order valence-corrected chi connectivity index (χ1v) is 9.05. The smallest absolute Gasteiger partial charge is 0.262 e. The molecule has 0 bridgehead atoms. The van der Waals surface area contributed by atoms with E-state index < -0.39 is 17.0 Å². The molecule has 1 atom stereocenters. The minimum atomic E-state index is -0.906. The van der Waals surface area contributed by atoms with Crippen LogP contribution in [0.5, 0.6) is 0 Å². The third kappa shape index (κ3) is 3.71. The van der Waals surface area contributed by atoms with Crippen LogP contribution in [0, 0.1) is 24.1 Å². The Morgan fingerprint density at radius 1 is 1.26 bits per heavy atom. The van der Waals surface area contributed by atoms with E-state index in [0.29, 0.717) is 12.1 Å². The highest BCUT2D eigenvalue weighted by Crippen LogP contribution is 2.42. The number of benzene rings is 2. The van der Waals surface area contributed by atoms with Crippen molar-refractivity contribution in [3.8, 4) is 6.07 Å². The molecule has 0 saturated carbocycles. The van der Waals surface area contributed by atoms with Crippen molar-refractivity contribution in [2.45, 2.75) is 18.6 Å². The van der Waals surface area contributed by atoms with Gasteiger partial charge in [-0.05, 0) is 48.7 Å². The van der Waals surface area contributed by atoms with Crippen LogP contribution in [0.2, 0.25) is 0 Å². The van der Waals surface area contributed by atoms with Gasteiger partial charge in [0.25, 0.3) is 5.91 Å². The van der Waals surface area contributed by atoms with Crippen LogP contribution in [0.3, 0.4) is 0 Å². The summed E-state index contributed by atoms with van der Waals surface area (Å²) in [6.45, 7) is 1.96. The Morgan fingerprint density at radius 3 is 2.52 bits per heavy atom. The van der Waals surface area contributed by atoms with Crippen molar-refractivity contribution in [2.24, 2.45) is 5.73 Å². The summed E-state index contributed by atoms with van der Waals surface area (Å²) in [7, 11) is 0. The van der Waals surface area contributed by atoms with Gasteiger partial charge in [-0.3, -0.25) is 14.5 Å². The molecule has 1 aliphatic heterocycles. The van der Waals surface area contributed by atoms with Gasteiger partial charge in [0.2, 0.25) is 5.91 Å². The van der Waals surface area contributed by atoms with Crippen molar-refractivity contribution in [3.05, 3.63) is 76.1 Å². The molecule has 2 amide bonds. The zero-order valence-corrected chi connectivity index (χ0v) is 15.3. The lowest BCUT2D eigenvalue weighted by Gasteiger charge is -2.18. The fourth-order valence-corrected chi connectivity index (χ4v) is 4.17. The highest BCUT2D eigenvalue weighted by Gasteiger charge is 2.40. The number of nitriles is 1. The second kappa shape index (κ2) is 7.64. The highest BCUT2D eigenvalue weighted by atomic mass is 32.2. The van der Waals surface area contributed by atoms with Crippen LogP contribution in [0.25, 0.3) is 0 Å². The molecule has 1 saturated heterocycles. The van der Waals surface area contributed by atoms with Crippen molar-refractivity contribution in [1.29, 1.82) is 5.26 Å². The van der Waals surface area contributed by atoms with Crippen molar-refractivity contribution >= 4 is 29.3 Å². The number of thioether (sulfide) groups is 1. The van der Waals surface area contributed by atoms with Gasteiger partial charge in [0, 0.05) is 5.69 Å². The van der Waals surface area contributed by atoms with Crippen LogP contribution < -0.4 is 10.6 Å². The summed E-state index contributed by atoms with van der Waals surface area (Å²) >= 11 is 1.13. The number of carbonyl (C=O) groups excluding carboxylic acids is 2. The molecule has 2 aromatic rings. The van der Waals surface area contributed by atoms with Gasteiger partial charge in [0.1, 0.15) is 22.5 Å². The van der Waals surface area contributed by atoms with E-state index >= 15 is 0 Å². The number of amides is 2. The van der Waals surface area contributed by atoms with Crippen molar-refractivity contribution in [2.75, 3.05) is 4.90 Å². The summed E-state index contributed by atoms with van der Waals surface area (Å²) in [5, 5.41) is 9.01. The predicted molar refractivity (Wildman–Crippen MR) is 102 cm³/mol. The number of hydrogen-bond donors (Lipinski definition) is 1. The average Bonchev–Trinajstić information content (AvgIpc) is 2.94. The fraction of sp³-hybridized carbons (Fsp3) is 0.150. The topological polar surface area (TPSA) is 87.2 Å². The van der Waals surface area contributed by atoms with E-state index in [9.17, 15) is 19.2 Å². The van der Waals surface area contributed by atoms with Crippen LogP contribution in [-0.2, 0) is 16.0 Å². The van der Waals surface area contributed by atoms with Gasteiger partial charge in [0.05, 0.1) is 5.25 Å². The predicted octanol–water partition coefficient (Wildman–Crippen LogP) is 3.05. The second-order valence-corrected chi connectivity index (χ2v) is 7.23. The number of rotatable bonds is 4. The van der Waals surface area contributed by atoms with Gasteiger partial charge >= 0.3 is 0 Å². The molecule has 1 fully saturated rings. The van der Waals surface area contributed by atoms with E-state index in [4.69, 9.17) is 5.73 Å². The number of nitrogens with two attached hydrogens (primary N) is 1. The first kappa shape index (κ1) is 18.7. The number of halogens is 1. The van der Waals surface area contributed by atoms with Crippen molar-refractivity contribution < 1.29 is 14.0 Å². The first-order valence-electron chi connectivity index (χ1n) is 8.17. The standard InChI is InChI=1S/C20H16FN3O2S/c1-12-4-2-3-5-13(12)10-17-19(26)24(15-8-6-14(21)7-9-15)20(27-17)16(11-22)18(23)25/h2-9,17H,10H2,1H3,(H2,23,25)/b20-16-. The van der Waals surface area contributed by atoms with Gasteiger partial charge in [-0.25, -0.2) is 4.39 Å². The Morgan fingerprint density at radius 2 is 1.93 bits per heavy atom. The molecule has 1 heterocycles. The van der Waals surface area contributed by atoms with Gasteiger partial charge in [0.15, 0.2) is 0 Å². The summed E-state index contributed by atoms with van der Waals surface area (Å²) < 4.78 is 13.3. The van der Waals surface area contributed by atoms with Crippen LogP contribution in [0.4, 0.5) is 10.1 Å². The Bertz CT molecular complexity index is 979. The number of nitrogens with zero attached hydrogens (tertiary/aromatic N) is 2. The van der Waals surface area contributed by atoms with E-state index in [1.54, 1.807) is 6.07 Å². The maximum atomic E-state index is 13.3. The van der Waals surface area contributed by atoms with E-state index in [1.807, 2.05) is 31.2 Å². The molecule has 1 aliphatic rings. The summed E-state index contributed by atoms with van der Waals surface area (Å²) in [5.74, 6) is -1.63. The molecular formula is C20H16FN3O2S. The molecule has 2 aromatic carbocycles. The maximum absolute atomic E-state index is 13.3. The molecular weight excluding hydrogens is 365 g/mol. The zero-order valence-electron chi connectivity index (χ0n) is 14.5. The summed E-state index contributed by atoms with van der Waals surface area (Å²) in [6, 6.07) is 14.8. The summed E-state index contributed by atoms with van der Waals surface area (Å²) in [4.78, 5) is 26.1. The Balaban J connectivity index is 2.05. The second-order valence-electron chi connectivity index (χ2n) is 6.04. The number of carbonyl (C=O) groups is 2. The van der Waals surface area contributed by atoms with Crippen LogP contribution in [-0.4, -0.2) is 17.1 Å². The molecule has 136 valence electrons. The third-order valence-corrected chi connectivity index (χ3v) is 5.54. The minimum absolute atomic E-state index is 0.181. The number of hydrogen-bond acceptors (Lipinski definition) is 4.